The second kappa shape index (κ2) is 5.69. The molecule has 0 saturated carbocycles. The van der Waals surface area contributed by atoms with Crippen molar-refractivity contribution >= 4 is 5.69 Å². The van der Waals surface area contributed by atoms with Gasteiger partial charge in [-0.1, -0.05) is 12.1 Å². The highest BCUT2D eigenvalue weighted by molar-refractivity contribution is 5.49. The Bertz CT molecular complexity index is 365. The average molecular weight is 251 g/mol. The lowest BCUT2D eigenvalue weighted by Gasteiger charge is -2.18. The molecule has 1 aromatic carbocycles. The van der Waals surface area contributed by atoms with Crippen LogP contribution in [0.4, 0.5) is 5.69 Å². The molecule has 4 nitrogen and oxygen atoms in total. The van der Waals surface area contributed by atoms with E-state index in [4.69, 9.17) is 9.47 Å². The van der Waals surface area contributed by atoms with Crippen LogP contribution in [-0.2, 0) is 9.47 Å². The van der Waals surface area contributed by atoms with Crippen LogP contribution in [-0.4, -0.2) is 44.6 Å². The van der Waals surface area contributed by atoms with Gasteiger partial charge < -0.3 is 19.5 Å². The summed E-state index contributed by atoms with van der Waals surface area (Å²) in [6, 6.07) is 7.99. The molecule has 18 heavy (non-hydrogen) atoms. The molecule has 1 saturated heterocycles. The molecule has 0 aromatic heterocycles. The van der Waals surface area contributed by atoms with E-state index < -0.39 is 6.10 Å². The van der Waals surface area contributed by atoms with Crippen LogP contribution in [0.1, 0.15) is 18.6 Å². The molecule has 1 aromatic rings. The standard InChI is InChI=1S/C14H21NO3/c1-10(16)11-4-6-12(7-5-11)15-8-13(17-2)14(9-15)18-3/h4-7,10,13-14,16H,8-9H2,1-3H3. The van der Waals surface area contributed by atoms with Crippen LogP contribution in [0, 0.1) is 0 Å². The van der Waals surface area contributed by atoms with Gasteiger partial charge in [-0.2, -0.15) is 0 Å². The van der Waals surface area contributed by atoms with Crippen molar-refractivity contribution in [3.63, 3.8) is 0 Å². The molecule has 1 aliphatic heterocycles. The van der Waals surface area contributed by atoms with Crippen molar-refractivity contribution in [3.05, 3.63) is 29.8 Å². The fraction of sp³-hybridized carbons (Fsp3) is 0.571. The van der Waals surface area contributed by atoms with E-state index in [1.165, 1.54) is 0 Å². The molecule has 1 fully saturated rings. The van der Waals surface area contributed by atoms with Crippen molar-refractivity contribution in [2.45, 2.75) is 25.2 Å². The SMILES string of the molecule is COC1CN(c2ccc(C(C)O)cc2)CC1OC. The number of hydrogen-bond donors (Lipinski definition) is 1. The third kappa shape index (κ3) is 2.66. The van der Waals surface area contributed by atoms with Gasteiger partial charge in [0.2, 0.25) is 0 Å². The number of anilines is 1. The minimum absolute atomic E-state index is 0.117. The summed E-state index contributed by atoms with van der Waals surface area (Å²) in [7, 11) is 3.44. The molecule has 1 N–H and O–H groups in total. The Balaban J connectivity index is 2.08. The Morgan fingerprint density at radius 2 is 1.61 bits per heavy atom. The van der Waals surface area contributed by atoms with Crippen LogP contribution in [0.2, 0.25) is 0 Å². The highest BCUT2D eigenvalue weighted by Crippen LogP contribution is 2.25. The molecular formula is C14H21NO3. The predicted molar refractivity (Wildman–Crippen MR) is 70.9 cm³/mol. The molecule has 0 bridgehead atoms. The summed E-state index contributed by atoms with van der Waals surface area (Å²) >= 11 is 0. The van der Waals surface area contributed by atoms with Crippen LogP contribution >= 0.6 is 0 Å². The van der Waals surface area contributed by atoms with Crippen molar-refractivity contribution in [2.75, 3.05) is 32.2 Å². The van der Waals surface area contributed by atoms with Gasteiger partial charge >= 0.3 is 0 Å². The summed E-state index contributed by atoms with van der Waals surface area (Å²) in [4.78, 5) is 2.24. The van der Waals surface area contributed by atoms with Gasteiger partial charge in [0.05, 0.1) is 6.10 Å². The van der Waals surface area contributed by atoms with Crippen LogP contribution in [0.15, 0.2) is 24.3 Å². The van der Waals surface area contributed by atoms with Crippen LogP contribution in [0.25, 0.3) is 0 Å². The molecule has 1 heterocycles. The largest absolute Gasteiger partial charge is 0.389 e. The van der Waals surface area contributed by atoms with E-state index in [9.17, 15) is 5.11 Å². The van der Waals surface area contributed by atoms with Gasteiger partial charge in [0.15, 0.2) is 0 Å². The summed E-state index contributed by atoms with van der Waals surface area (Å²) in [5.41, 5.74) is 2.07. The first-order valence-electron chi connectivity index (χ1n) is 6.24. The Kier molecular flexibility index (Phi) is 4.22. The Morgan fingerprint density at radius 3 is 2.00 bits per heavy atom. The highest BCUT2D eigenvalue weighted by atomic mass is 16.5. The van der Waals surface area contributed by atoms with Gasteiger partial charge in [-0.15, -0.1) is 0 Å². The number of benzene rings is 1. The first kappa shape index (κ1) is 13.3. The number of rotatable bonds is 4. The van der Waals surface area contributed by atoms with Gasteiger partial charge in [0.25, 0.3) is 0 Å². The van der Waals surface area contributed by atoms with E-state index in [0.29, 0.717) is 0 Å². The van der Waals surface area contributed by atoms with Gasteiger partial charge in [-0.3, -0.25) is 0 Å². The molecule has 0 amide bonds. The summed E-state index contributed by atoms with van der Waals surface area (Å²) in [6.07, 6.45) is -0.186. The minimum Gasteiger partial charge on any atom is -0.389 e. The molecule has 3 atom stereocenters. The topological polar surface area (TPSA) is 41.9 Å². The van der Waals surface area contributed by atoms with E-state index >= 15 is 0 Å². The maximum absolute atomic E-state index is 9.49. The maximum Gasteiger partial charge on any atom is 0.102 e. The quantitative estimate of drug-likeness (QED) is 0.882. The number of hydrogen-bond acceptors (Lipinski definition) is 4. The fourth-order valence-corrected chi connectivity index (χ4v) is 2.37. The average Bonchev–Trinajstić information content (AvgIpc) is 2.82. The zero-order chi connectivity index (χ0) is 13.1. The van der Waals surface area contributed by atoms with Crippen molar-refractivity contribution in [1.29, 1.82) is 0 Å². The predicted octanol–water partition coefficient (Wildman–Crippen LogP) is 1.59. The van der Waals surface area contributed by atoms with Crippen molar-refractivity contribution < 1.29 is 14.6 Å². The first-order chi connectivity index (χ1) is 8.65. The normalized spacial score (nSPS) is 25.4. The van der Waals surface area contributed by atoms with Gasteiger partial charge in [0, 0.05) is 33.0 Å². The lowest BCUT2D eigenvalue weighted by atomic mass is 10.1. The Morgan fingerprint density at radius 1 is 1.11 bits per heavy atom. The number of methoxy groups -OCH3 is 2. The minimum atomic E-state index is -0.420. The fourth-order valence-electron chi connectivity index (χ4n) is 2.37. The molecular weight excluding hydrogens is 230 g/mol. The smallest absolute Gasteiger partial charge is 0.102 e. The monoisotopic (exact) mass is 251 g/mol. The van der Waals surface area contributed by atoms with E-state index in [2.05, 4.69) is 4.90 Å². The molecule has 0 radical (unpaired) electrons. The molecule has 3 unspecified atom stereocenters. The van der Waals surface area contributed by atoms with Crippen LogP contribution < -0.4 is 4.90 Å². The van der Waals surface area contributed by atoms with Gasteiger partial charge in [-0.25, -0.2) is 0 Å². The van der Waals surface area contributed by atoms with Gasteiger partial charge in [0.1, 0.15) is 12.2 Å². The summed E-state index contributed by atoms with van der Waals surface area (Å²) in [6.45, 7) is 3.44. The van der Waals surface area contributed by atoms with Crippen molar-refractivity contribution in [1.82, 2.24) is 0 Å². The molecule has 4 heteroatoms. The third-order valence-corrected chi connectivity index (χ3v) is 3.56. The summed E-state index contributed by atoms with van der Waals surface area (Å²) in [5.74, 6) is 0. The number of aliphatic hydroxyl groups excluding tert-OH is 1. The zero-order valence-corrected chi connectivity index (χ0v) is 11.2. The first-order valence-corrected chi connectivity index (χ1v) is 6.24. The van der Waals surface area contributed by atoms with Crippen molar-refractivity contribution in [3.8, 4) is 0 Å². The highest BCUT2D eigenvalue weighted by Gasteiger charge is 2.32. The number of ether oxygens (including phenoxy) is 2. The molecule has 100 valence electrons. The Labute approximate surface area is 108 Å². The van der Waals surface area contributed by atoms with Crippen LogP contribution in [0.5, 0.6) is 0 Å². The van der Waals surface area contributed by atoms with E-state index in [1.807, 2.05) is 24.3 Å². The molecule has 2 rings (SSSR count). The number of nitrogens with zero attached hydrogens (tertiary/aromatic N) is 1. The maximum atomic E-state index is 9.49. The van der Waals surface area contributed by atoms with E-state index in [-0.39, 0.29) is 12.2 Å². The van der Waals surface area contributed by atoms with Crippen molar-refractivity contribution in [2.24, 2.45) is 0 Å². The second-order valence-corrected chi connectivity index (χ2v) is 4.72. The second-order valence-electron chi connectivity index (χ2n) is 4.72. The van der Waals surface area contributed by atoms with Crippen LogP contribution in [0.3, 0.4) is 0 Å². The summed E-state index contributed by atoms with van der Waals surface area (Å²) < 4.78 is 10.8. The molecule has 1 aliphatic rings. The Hall–Kier alpha value is -1.10. The lowest BCUT2D eigenvalue weighted by Crippen LogP contribution is -2.27. The van der Waals surface area contributed by atoms with E-state index in [0.717, 1.165) is 24.3 Å². The molecule has 0 aliphatic carbocycles. The summed E-state index contributed by atoms with van der Waals surface area (Å²) in [5, 5.41) is 9.49. The zero-order valence-electron chi connectivity index (χ0n) is 11.2. The number of aliphatic hydroxyl groups is 1. The lowest BCUT2D eigenvalue weighted by molar-refractivity contribution is -0.00461. The molecule has 0 spiro atoms. The van der Waals surface area contributed by atoms with Gasteiger partial charge in [-0.05, 0) is 24.6 Å². The third-order valence-electron chi connectivity index (χ3n) is 3.56. The van der Waals surface area contributed by atoms with E-state index in [1.54, 1.807) is 21.1 Å².